The number of allylic oxidation sites excluding steroid dienone is 1. The summed E-state index contributed by atoms with van der Waals surface area (Å²) in [6.45, 7) is 12.4. The average Bonchev–Trinajstić information content (AvgIpc) is 2.75. The molecule has 0 aromatic heterocycles. The molecule has 0 fully saturated rings. The fraction of sp³-hybridized carbons (Fsp3) is 0.824. The van der Waals surface area contributed by atoms with E-state index in [0.717, 1.165) is 18.4 Å². The standard InChI is InChI=1S/C17H30O4/c1-6-19-12-17(13-20-7-2)9-8-14(11-17)10-15(18)21-16(3,4)5/h8H,6-7,9-13H2,1-5H3. The minimum Gasteiger partial charge on any atom is -0.460 e. The van der Waals surface area contributed by atoms with Crippen molar-refractivity contribution in [1.82, 2.24) is 0 Å². The first-order valence-corrected chi connectivity index (χ1v) is 7.85. The van der Waals surface area contributed by atoms with Crippen molar-refractivity contribution in [3.05, 3.63) is 11.6 Å². The van der Waals surface area contributed by atoms with Crippen LogP contribution in [0.3, 0.4) is 0 Å². The van der Waals surface area contributed by atoms with Gasteiger partial charge in [-0.1, -0.05) is 11.6 Å². The molecular weight excluding hydrogens is 268 g/mol. The Morgan fingerprint density at radius 2 is 1.76 bits per heavy atom. The molecule has 0 aromatic rings. The number of esters is 1. The summed E-state index contributed by atoms with van der Waals surface area (Å²) in [5, 5.41) is 0. The van der Waals surface area contributed by atoms with E-state index in [2.05, 4.69) is 6.08 Å². The summed E-state index contributed by atoms with van der Waals surface area (Å²) in [6, 6.07) is 0. The van der Waals surface area contributed by atoms with Crippen LogP contribution in [-0.4, -0.2) is 38.0 Å². The number of rotatable bonds is 8. The van der Waals surface area contributed by atoms with Gasteiger partial charge in [-0.3, -0.25) is 4.79 Å². The van der Waals surface area contributed by atoms with Crippen molar-refractivity contribution in [2.75, 3.05) is 26.4 Å². The third kappa shape index (κ3) is 6.62. The average molecular weight is 298 g/mol. The Morgan fingerprint density at radius 1 is 1.19 bits per heavy atom. The minimum atomic E-state index is -0.427. The zero-order chi connectivity index (χ0) is 15.9. The molecule has 0 atom stereocenters. The first-order valence-electron chi connectivity index (χ1n) is 7.85. The quantitative estimate of drug-likeness (QED) is 0.508. The van der Waals surface area contributed by atoms with Gasteiger partial charge in [0.05, 0.1) is 19.6 Å². The molecule has 0 amide bonds. The van der Waals surface area contributed by atoms with E-state index in [9.17, 15) is 4.79 Å². The summed E-state index contributed by atoms with van der Waals surface area (Å²) in [6.07, 6.45) is 4.29. The summed E-state index contributed by atoms with van der Waals surface area (Å²) in [5.41, 5.74) is 0.705. The van der Waals surface area contributed by atoms with Gasteiger partial charge in [0, 0.05) is 18.6 Å². The second-order valence-electron chi connectivity index (χ2n) is 6.78. The fourth-order valence-electron chi connectivity index (χ4n) is 2.58. The molecular formula is C17H30O4. The highest BCUT2D eigenvalue weighted by molar-refractivity contribution is 5.73. The molecule has 0 spiro atoms. The highest BCUT2D eigenvalue weighted by Gasteiger charge is 2.36. The van der Waals surface area contributed by atoms with Gasteiger partial charge in [-0.05, 0) is 47.5 Å². The first kappa shape index (κ1) is 18.2. The Kier molecular flexibility index (Phi) is 6.88. The maximum Gasteiger partial charge on any atom is 0.310 e. The monoisotopic (exact) mass is 298 g/mol. The van der Waals surface area contributed by atoms with Crippen LogP contribution in [0, 0.1) is 5.41 Å². The lowest BCUT2D eigenvalue weighted by Crippen LogP contribution is -2.30. The van der Waals surface area contributed by atoms with Crippen LogP contribution in [0.2, 0.25) is 0 Å². The van der Waals surface area contributed by atoms with E-state index >= 15 is 0 Å². The molecule has 0 heterocycles. The Balaban J connectivity index is 2.54. The summed E-state index contributed by atoms with van der Waals surface area (Å²) >= 11 is 0. The summed E-state index contributed by atoms with van der Waals surface area (Å²) in [7, 11) is 0. The molecule has 0 saturated heterocycles. The Hall–Kier alpha value is -0.870. The van der Waals surface area contributed by atoms with Crippen LogP contribution in [0.15, 0.2) is 11.6 Å². The molecule has 0 aromatic carbocycles. The number of ether oxygens (including phenoxy) is 3. The van der Waals surface area contributed by atoms with Crippen molar-refractivity contribution in [3.63, 3.8) is 0 Å². The van der Waals surface area contributed by atoms with Crippen molar-refractivity contribution < 1.29 is 19.0 Å². The van der Waals surface area contributed by atoms with Gasteiger partial charge in [0.15, 0.2) is 0 Å². The van der Waals surface area contributed by atoms with Crippen molar-refractivity contribution in [2.24, 2.45) is 5.41 Å². The lowest BCUT2D eigenvalue weighted by molar-refractivity contribution is -0.154. The van der Waals surface area contributed by atoms with E-state index in [-0.39, 0.29) is 11.4 Å². The van der Waals surface area contributed by atoms with Crippen LogP contribution >= 0.6 is 0 Å². The Morgan fingerprint density at radius 3 is 2.24 bits per heavy atom. The number of hydrogen-bond acceptors (Lipinski definition) is 4. The van der Waals surface area contributed by atoms with Crippen LogP contribution < -0.4 is 0 Å². The molecule has 0 radical (unpaired) electrons. The molecule has 0 unspecified atom stereocenters. The van der Waals surface area contributed by atoms with Gasteiger partial charge in [-0.15, -0.1) is 0 Å². The van der Waals surface area contributed by atoms with Gasteiger partial charge >= 0.3 is 5.97 Å². The highest BCUT2D eigenvalue weighted by atomic mass is 16.6. The van der Waals surface area contributed by atoms with Gasteiger partial charge in [0.1, 0.15) is 5.60 Å². The highest BCUT2D eigenvalue weighted by Crippen LogP contribution is 2.39. The first-order chi connectivity index (χ1) is 9.80. The fourth-order valence-corrected chi connectivity index (χ4v) is 2.58. The third-order valence-corrected chi connectivity index (χ3v) is 3.44. The molecule has 4 nitrogen and oxygen atoms in total. The Bertz CT molecular complexity index is 357. The molecule has 1 aliphatic rings. The molecule has 1 aliphatic carbocycles. The zero-order valence-corrected chi connectivity index (χ0v) is 14.2. The largest absolute Gasteiger partial charge is 0.460 e. The molecule has 122 valence electrons. The number of carbonyl (C=O) groups is 1. The van der Waals surface area contributed by atoms with Gasteiger partial charge in [-0.2, -0.15) is 0 Å². The van der Waals surface area contributed by atoms with Crippen LogP contribution in [0.25, 0.3) is 0 Å². The molecule has 0 saturated carbocycles. The number of hydrogen-bond donors (Lipinski definition) is 0. The maximum absolute atomic E-state index is 11.9. The predicted molar refractivity (Wildman–Crippen MR) is 83.2 cm³/mol. The van der Waals surface area contributed by atoms with Crippen LogP contribution in [0.4, 0.5) is 0 Å². The summed E-state index contributed by atoms with van der Waals surface area (Å²) < 4.78 is 16.6. The van der Waals surface area contributed by atoms with E-state index in [1.54, 1.807) is 0 Å². The van der Waals surface area contributed by atoms with E-state index in [0.29, 0.717) is 32.8 Å². The van der Waals surface area contributed by atoms with Crippen molar-refractivity contribution in [2.45, 2.75) is 59.5 Å². The number of carbonyl (C=O) groups excluding carboxylic acids is 1. The van der Waals surface area contributed by atoms with Crippen LogP contribution in [-0.2, 0) is 19.0 Å². The van der Waals surface area contributed by atoms with E-state index < -0.39 is 5.60 Å². The van der Waals surface area contributed by atoms with E-state index in [1.165, 1.54) is 0 Å². The van der Waals surface area contributed by atoms with E-state index in [4.69, 9.17) is 14.2 Å². The third-order valence-electron chi connectivity index (χ3n) is 3.44. The van der Waals surface area contributed by atoms with Gasteiger partial charge in [0.2, 0.25) is 0 Å². The molecule has 1 rings (SSSR count). The molecule has 21 heavy (non-hydrogen) atoms. The smallest absolute Gasteiger partial charge is 0.310 e. The second-order valence-corrected chi connectivity index (χ2v) is 6.78. The van der Waals surface area contributed by atoms with Gasteiger partial charge in [0.25, 0.3) is 0 Å². The van der Waals surface area contributed by atoms with Crippen LogP contribution in [0.1, 0.15) is 53.9 Å². The maximum atomic E-state index is 11.9. The SMILES string of the molecule is CCOCC1(COCC)CC=C(CC(=O)OC(C)(C)C)C1. The molecule has 0 N–H and O–H groups in total. The van der Waals surface area contributed by atoms with Crippen molar-refractivity contribution in [1.29, 1.82) is 0 Å². The second kappa shape index (κ2) is 7.95. The van der Waals surface area contributed by atoms with E-state index in [1.807, 2.05) is 34.6 Å². The van der Waals surface area contributed by atoms with Crippen LogP contribution in [0.5, 0.6) is 0 Å². The predicted octanol–water partition coefficient (Wildman–Crippen LogP) is 3.50. The van der Waals surface area contributed by atoms with Crippen molar-refractivity contribution >= 4 is 5.97 Å². The lowest BCUT2D eigenvalue weighted by Gasteiger charge is -2.29. The summed E-state index contributed by atoms with van der Waals surface area (Å²) in [5.74, 6) is -0.155. The Labute approximate surface area is 128 Å². The zero-order valence-electron chi connectivity index (χ0n) is 14.2. The minimum absolute atomic E-state index is 0.0105. The van der Waals surface area contributed by atoms with Crippen molar-refractivity contribution in [3.8, 4) is 0 Å². The molecule has 4 heteroatoms. The summed E-state index contributed by atoms with van der Waals surface area (Å²) in [4.78, 5) is 11.9. The molecule has 0 bridgehead atoms. The molecule has 0 aliphatic heterocycles. The lowest BCUT2D eigenvalue weighted by atomic mass is 9.85. The normalized spacial score (nSPS) is 17.7. The van der Waals surface area contributed by atoms with Gasteiger partial charge < -0.3 is 14.2 Å². The van der Waals surface area contributed by atoms with Gasteiger partial charge in [-0.25, -0.2) is 0 Å². The topological polar surface area (TPSA) is 44.8 Å².